The third kappa shape index (κ3) is 4.93. The molecule has 2 fully saturated rings. The molecule has 184 valence electrons. The molecule has 1 aliphatic heterocycles. The summed E-state index contributed by atoms with van der Waals surface area (Å²) in [4.78, 5) is 22.5. The number of carboxylic acid groups (broad SMARTS) is 1. The van der Waals surface area contributed by atoms with Gasteiger partial charge in [0, 0.05) is 35.3 Å². The molecule has 0 spiro atoms. The molecule has 0 unspecified atom stereocenters. The summed E-state index contributed by atoms with van der Waals surface area (Å²) in [5.74, 6) is 0.880. The van der Waals surface area contributed by atoms with Gasteiger partial charge in [0.2, 0.25) is 5.95 Å². The zero-order valence-electron chi connectivity index (χ0n) is 20.5. The second-order valence-electron chi connectivity index (χ2n) is 9.68. The number of aromatic carboxylic acids is 1. The van der Waals surface area contributed by atoms with E-state index >= 15 is 0 Å². The van der Waals surface area contributed by atoms with E-state index < -0.39 is 5.97 Å². The van der Waals surface area contributed by atoms with Crippen molar-refractivity contribution in [1.82, 2.24) is 15.1 Å². The van der Waals surface area contributed by atoms with Gasteiger partial charge in [-0.15, -0.1) is 0 Å². The maximum Gasteiger partial charge on any atom is 0.354 e. The number of nitrogens with zero attached hydrogens (tertiary/aromatic N) is 4. The third-order valence-corrected chi connectivity index (χ3v) is 7.09. The number of hydrogen-bond donors (Lipinski definition) is 1. The Morgan fingerprint density at radius 2 is 2.00 bits per heavy atom. The first-order chi connectivity index (χ1) is 16.9. The number of aryl methyl sites for hydroxylation is 2. The van der Waals surface area contributed by atoms with Crippen LogP contribution in [0.15, 0.2) is 34.9 Å². The molecule has 8 heteroatoms. The number of anilines is 1. The van der Waals surface area contributed by atoms with Crippen molar-refractivity contribution in [2.75, 3.05) is 11.4 Å². The van der Waals surface area contributed by atoms with Crippen LogP contribution < -0.4 is 4.90 Å². The molecular weight excluding hydrogens is 444 g/mol. The topological polar surface area (TPSA) is 102 Å². The van der Waals surface area contributed by atoms with Gasteiger partial charge in [0.25, 0.3) is 0 Å². The van der Waals surface area contributed by atoms with Gasteiger partial charge in [0.1, 0.15) is 11.5 Å². The molecule has 2 aliphatic rings. The summed E-state index contributed by atoms with van der Waals surface area (Å²) in [7, 11) is 0. The fraction of sp³-hybridized carbons (Fsp3) is 0.481. The highest BCUT2D eigenvalue weighted by Gasteiger charge is 2.34. The lowest BCUT2D eigenvalue weighted by Gasteiger charge is -2.39. The Kier molecular flexibility index (Phi) is 6.56. The normalized spacial score (nSPS) is 20.3. The van der Waals surface area contributed by atoms with Gasteiger partial charge in [-0.3, -0.25) is 0 Å². The van der Waals surface area contributed by atoms with E-state index in [1.165, 1.54) is 11.6 Å². The highest BCUT2D eigenvalue weighted by molar-refractivity contribution is 5.85. The van der Waals surface area contributed by atoms with Gasteiger partial charge in [-0.2, -0.15) is 0 Å². The molecule has 1 aromatic carbocycles. The molecule has 3 aromatic rings. The SMILES string of the molecule is CC[C@H]1C[C@H](OCc2c(-c3ccccc3C)noc2C2CC2)CCN1c1nc(C)cc(C(=O)O)n1. The second kappa shape index (κ2) is 9.77. The zero-order valence-corrected chi connectivity index (χ0v) is 20.5. The number of hydrogen-bond acceptors (Lipinski definition) is 7. The molecular formula is C27H32N4O4. The minimum absolute atomic E-state index is 0.0320. The quantitative estimate of drug-likeness (QED) is 0.468. The van der Waals surface area contributed by atoms with Gasteiger partial charge in [0.15, 0.2) is 5.69 Å². The average molecular weight is 477 g/mol. The Bertz CT molecular complexity index is 1220. The van der Waals surface area contributed by atoms with Gasteiger partial charge in [-0.1, -0.05) is 36.3 Å². The molecule has 8 nitrogen and oxygen atoms in total. The highest BCUT2D eigenvalue weighted by atomic mass is 16.5. The van der Waals surface area contributed by atoms with Crippen molar-refractivity contribution in [3.05, 3.63) is 58.6 Å². The first kappa shape index (κ1) is 23.5. The molecule has 0 radical (unpaired) electrons. The molecule has 0 bridgehead atoms. The molecule has 2 aromatic heterocycles. The van der Waals surface area contributed by atoms with E-state index in [-0.39, 0.29) is 17.8 Å². The van der Waals surface area contributed by atoms with Crippen molar-refractivity contribution < 1.29 is 19.2 Å². The minimum Gasteiger partial charge on any atom is -0.477 e. The predicted molar refractivity (Wildman–Crippen MR) is 132 cm³/mol. The Labute approximate surface area is 205 Å². The van der Waals surface area contributed by atoms with Crippen molar-refractivity contribution in [3.8, 4) is 11.3 Å². The van der Waals surface area contributed by atoms with Crippen molar-refractivity contribution in [2.24, 2.45) is 0 Å². The van der Waals surface area contributed by atoms with Crippen LogP contribution in [-0.2, 0) is 11.3 Å². The summed E-state index contributed by atoms with van der Waals surface area (Å²) >= 11 is 0. The van der Waals surface area contributed by atoms with E-state index in [4.69, 9.17) is 9.26 Å². The molecule has 0 amide bonds. The van der Waals surface area contributed by atoms with Crippen LogP contribution in [-0.4, -0.2) is 44.9 Å². The number of aromatic nitrogens is 3. The standard InChI is InChI=1S/C27H32N4O4/c1-4-19-14-20(11-12-31(19)27-28-17(3)13-23(29-27)26(32)33)34-15-22-24(21-8-6-5-7-16(21)2)30-35-25(22)18-9-10-18/h5-8,13,18-20H,4,9-12,14-15H2,1-3H3,(H,32,33)/t19-,20+/m0/s1. The van der Waals surface area contributed by atoms with E-state index in [1.54, 1.807) is 6.92 Å². The fourth-order valence-electron chi connectivity index (χ4n) is 4.99. The van der Waals surface area contributed by atoms with Gasteiger partial charge in [-0.05, 0) is 57.6 Å². The first-order valence-electron chi connectivity index (χ1n) is 12.5. The number of carbonyl (C=O) groups is 1. The Hall–Kier alpha value is -3.26. The number of rotatable bonds is 8. The van der Waals surface area contributed by atoms with Crippen LogP contribution in [0.5, 0.6) is 0 Å². The largest absolute Gasteiger partial charge is 0.477 e. The van der Waals surface area contributed by atoms with E-state index in [0.29, 0.717) is 24.2 Å². The molecule has 1 saturated heterocycles. The summed E-state index contributed by atoms with van der Waals surface area (Å²) in [6, 6.07) is 9.93. The molecule has 35 heavy (non-hydrogen) atoms. The van der Waals surface area contributed by atoms with Crippen LogP contribution in [0.2, 0.25) is 0 Å². The minimum atomic E-state index is -1.03. The van der Waals surface area contributed by atoms with Crippen LogP contribution in [0.3, 0.4) is 0 Å². The van der Waals surface area contributed by atoms with Gasteiger partial charge >= 0.3 is 5.97 Å². The van der Waals surface area contributed by atoms with Crippen molar-refractivity contribution in [1.29, 1.82) is 0 Å². The van der Waals surface area contributed by atoms with Crippen molar-refractivity contribution in [3.63, 3.8) is 0 Å². The van der Waals surface area contributed by atoms with Crippen LogP contribution in [0.4, 0.5) is 5.95 Å². The summed E-state index contributed by atoms with van der Waals surface area (Å²) in [5.41, 5.74) is 4.92. The second-order valence-corrected chi connectivity index (χ2v) is 9.68. The summed E-state index contributed by atoms with van der Waals surface area (Å²) in [5, 5.41) is 13.9. The maximum atomic E-state index is 11.5. The van der Waals surface area contributed by atoms with Gasteiger partial charge in [0.05, 0.1) is 12.7 Å². The molecule has 2 atom stereocenters. The van der Waals surface area contributed by atoms with Crippen LogP contribution >= 0.6 is 0 Å². The van der Waals surface area contributed by atoms with Crippen molar-refractivity contribution in [2.45, 2.75) is 77.5 Å². The average Bonchev–Trinajstić information content (AvgIpc) is 3.61. The molecule has 1 saturated carbocycles. The van der Waals surface area contributed by atoms with Gasteiger partial charge in [-0.25, -0.2) is 14.8 Å². The Morgan fingerprint density at radius 3 is 2.71 bits per heavy atom. The van der Waals surface area contributed by atoms with E-state index in [1.807, 2.05) is 12.1 Å². The van der Waals surface area contributed by atoms with Crippen LogP contribution in [0.1, 0.15) is 78.0 Å². The summed E-state index contributed by atoms with van der Waals surface area (Å²) in [6.45, 7) is 7.22. The van der Waals surface area contributed by atoms with E-state index in [2.05, 4.69) is 46.0 Å². The summed E-state index contributed by atoms with van der Waals surface area (Å²) in [6.07, 6.45) is 4.92. The Morgan fingerprint density at radius 1 is 1.20 bits per heavy atom. The van der Waals surface area contributed by atoms with Crippen LogP contribution in [0, 0.1) is 13.8 Å². The molecule has 5 rings (SSSR count). The number of ether oxygens (including phenoxy) is 1. The van der Waals surface area contributed by atoms with Gasteiger partial charge < -0.3 is 19.3 Å². The monoisotopic (exact) mass is 476 g/mol. The number of carboxylic acids is 1. The number of piperidine rings is 1. The lowest BCUT2D eigenvalue weighted by atomic mass is 9.97. The molecule has 1 aliphatic carbocycles. The molecule has 3 heterocycles. The third-order valence-electron chi connectivity index (χ3n) is 7.09. The van der Waals surface area contributed by atoms with E-state index in [0.717, 1.165) is 61.2 Å². The number of benzene rings is 1. The summed E-state index contributed by atoms with van der Waals surface area (Å²) < 4.78 is 12.3. The smallest absolute Gasteiger partial charge is 0.354 e. The fourth-order valence-corrected chi connectivity index (χ4v) is 4.99. The maximum absolute atomic E-state index is 11.5. The van der Waals surface area contributed by atoms with Crippen LogP contribution in [0.25, 0.3) is 11.3 Å². The zero-order chi connectivity index (χ0) is 24.5. The first-order valence-corrected chi connectivity index (χ1v) is 12.5. The predicted octanol–water partition coefficient (Wildman–Crippen LogP) is 5.29. The van der Waals surface area contributed by atoms with E-state index in [9.17, 15) is 9.90 Å². The Balaban J connectivity index is 1.32. The lowest BCUT2D eigenvalue weighted by Crippen LogP contribution is -2.45. The molecule has 1 N–H and O–H groups in total. The van der Waals surface area contributed by atoms with Crippen molar-refractivity contribution >= 4 is 11.9 Å². The highest BCUT2D eigenvalue weighted by Crippen LogP contribution is 2.44. The lowest BCUT2D eigenvalue weighted by molar-refractivity contribution is 0.0155.